The number of H-pyrrole nitrogens is 1. The molecule has 0 spiro atoms. The molecular formula is C11H10BrFN4O. The summed E-state index contributed by atoms with van der Waals surface area (Å²) in [4.78, 5) is 12.0. The molecule has 0 saturated heterocycles. The van der Waals surface area contributed by atoms with Gasteiger partial charge in [-0.25, -0.2) is 4.39 Å². The van der Waals surface area contributed by atoms with E-state index in [1.54, 1.807) is 13.0 Å². The lowest BCUT2D eigenvalue weighted by Gasteiger charge is -2.08. The minimum absolute atomic E-state index is 0.0718. The van der Waals surface area contributed by atoms with E-state index in [2.05, 4.69) is 31.4 Å². The first kappa shape index (κ1) is 12.6. The highest BCUT2D eigenvalue weighted by Gasteiger charge is 2.18. The van der Waals surface area contributed by atoms with E-state index in [-0.39, 0.29) is 17.1 Å². The van der Waals surface area contributed by atoms with Crippen molar-refractivity contribution in [2.75, 3.05) is 11.1 Å². The van der Waals surface area contributed by atoms with Crippen LogP contribution in [0, 0.1) is 12.7 Å². The molecule has 94 valence electrons. The number of amides is 1. The Labute approximate surface area is 111 Å². The number of aryl methyl sites for hydroxylation is 1. The summed E-state index contributed by atoms with van der Waals surface area (Å²) in [5.74, 6) is -0.959. The lowest BCUT2D eigenvalue weighted by atomic mass is 10.2. The third-order valence-corrected chi connectivity index (χ3v) is 3.06. The van der Waals surface area contributed by atoms with E-state index in [4.69, 9.17) is 5.73 Å². The van der Waals surface area contributed by atoms with Crippen molar-refractivity contribution in [3.05, 3.63) is 39.7 Å². The van der Waals surface area contributed by atoms with E-state index in [1.807, 2.05) is 0 Å². The second-order valence-corrected chi connectivity index (χ2v) is 4.51. The largest absolute Gasteiger partial charge is 0.382 e. The van der Waals surface area contributed by atoms with Gasteiger partial charge in [0.25, 0.3) is 5.91 Å². The summed E-state index contributed by atoms with van der Waals surface area (Å²) in [6.45, 7) is 1.66. The summed E-state index contributed by atoms with van der Waals surface area (Å²) < 4.78 is 14.0. The highest BCUT2D eigenvalue weighted by molar-refractivity contribution is 9.10. The van der Waals surface area contributed by atoms with Crippen molar-refractivity contribution in [2.45, 2.75) is 6.92 Å². The van der Waals surface area contributed by atoms with Gasteiger partial charge in [0.05, 0.1) is 5.69 Å². The van der Waals surface area contributed by atoms with Gasteiger partial charge in [0.1, 0.15) is 11.4 Å². The fraction of sp³-hybridized carbons (Fsp3) is 0.0909. The van der Waals surface area contributed by atoms with Crippen LogP contribution in [0.1, 0.15) is 16.1 Å². The van der Waals surface area contributed by atoms with Crippen LogP contribution < -0.4 is 11.1 Å². The first-order chi connectivity index (χ1) is 8.50. The number of para-hydroxylation sites is 1. The number of hydrogen-bond acceptors (Lipinski definition) is 3. The Balaban J connectivity index is 2.33. The molecule has 18 heavy (non-hydrogen) atoms. The Morgan fingerprint density at radius 2 is 2.28 bits per heavy atom. The van der Waals surface area contributed by atoms with Gasteiger partial charge in [-0.2, -0.15) is 5.10 Å². The van der Waals surface area contributed by atoms with Crippen molar-refractivity contribution in [3.63, 3.8) is 0 Å². The molecule has 2 aromatic rings. The zero-order valence-electron chi connectivity index (χ0n) is 9.42. The van der Waals surface area contributed by atoms with Crippen LogP contribution in [0.5, 0.6) is 0 Å². The van der Waals surface area contributed by atoms with Gasteiger partial charge in [-0.05, 0) is 35.0 Å². The molecule has 1 aromatic heterocycles. The number of nitrogens with one attached hydrogen (secondary N) is 2. The van der Waals surface area contributed by atoms with Gasteiger partial charge in [0.2, 0.25) is 0 Å². The molecule has 0 fully saturated rings. The van der Waals surface area contributed by atoms with E-state index in [0.29, 0.717) is 10.2 Å². The molecule has 0 aliphatic heterocycles. The Morgan fingerprint density at radius 3 is 2.83 bits per heavy atom. The average molecular weight is 313 g/mol. The number of nitrogen functional groups attached to an aromatic ring is 1. The zero-order chi connectivity index (χ0) is 13.3. The third kappa shape index (κ3) is 2.21. The van der Waals surface area contributed by atoms with Gasteiger partial charge in [-0.15, -0.1) is 0 Å². The molecular weight excluding hydrogens is 303 g/mol. The smallest absolute Gasteiger partial charge is 0.261 e. The first-order valence-corrected chi connectivity index (χ1v) is 5.85. The summed E-state index contributed by atoms with van der Waals surface area (Å²) in [6.07, 6.45) is 0. The lowest BCUT2D eigenvalue weighted by Crippen LogP contribution is -2.15. The summed E-state index contributed by atoms with van der Waals surface area (Å²) in [5, 5.41) is 8.76. The monoisotopic (exact) mass is 312 g/mol. The SMILES string of the molecule is Cc1[nH]nc(N)c1C(=O)Nc1c(F)cccc1Br. The van der Waals surface area contributed by atoms with Gasteiger partial charge in [0.15, 0.2) is 5.82 Å². The number of halogens is 2. The summed E-state index contributed by atoms with van der Waals surface area (Å²) in [5.41, 5.74) is 6.37. The average Bonchev–Trinajstić information content (AvgIpc) is 2.64. The standard InChI is InChI=1S/C11H10BrFN4O/c1-5-8(10(14)17-16-5)11(18)15-9-6(12)3-2-4-7(9)13/h2-4H,1H3,(H,15,18)(H3,14,16,17). The Morgan fingerprint density at radius 1 is 1.56 bits per heavy atom. The quantitative estimate of drug-likeness (QED) is 0.796. The van der Waals surface area contributed by atoms with Crippen LogP contribution in [0.3, 0.4) is 0 Å². The third-order valence-electron chi connectivity index (χ3n) is 2.40. The van der Waals surface area contributed by atoms with Gasteiger partial charge in [-0.3, -0.25) is 9.89 Å². The van der Waals surface area contributed by atoms with Gasteiger partial charge < -0.3 is 11.1 Å². The molecule has 1 aromatic carbocycles. The minimum atomic E-state index is -0.530. The predicted octanol–water partition coefficient (Wildman–Crippen LogP) is 2.45. The highest BCUT2D eigenvalue weighted by atomic mass is 79.9. The maximum absolute atomic E-state index is 13.6. The van der Waals surface area contributed by atoms with Gasteiger partial charge in [-0.1, -0.05) is 6.07 Å². The van der Waals surface area contributed by atoms with Crippen LogP contribution in [0.15, 0.2) is 22.7 Å². The molecule has 1 amide bonds. The van der Waals surface area contributed by atoms with Crippen molar-refractivity contribution in [1.82, 2.24) is 10.2 Å². The molecule has 5 nitrogen and oxygen atoms in total. The van der Waals surface area contributed by atoms with Crippen LogP contribution in [0.2, 0.25) is 0 Å². The van der Waals surface area contributed by atoms with Gasteiger partial charge >= 0.3 is 0 Å². The molecule has 0 saturated carbocycles. The molecule has 0 radical (unpaired) electrons. The number of aromatic amines is 1. The number of carbonyl (C=O) groups is 1. The summed E-state index contributed by atoms with van der Waals surface area (Å²) >= 11 is 3.17. The highest BCUT2D eigenvalue weighted by Crippen LogP contribution is 2.26. The van der Waals surface area contributed by atoms with E-state index in [9.17, 15) is 9.18 Å². The first-order valence-electron chi connectivity index (χ1n) is 5.06. The lowest BCUT2D eigenvalue weighted by molar-refractivity contribution is 0.102. The number of hydrogen-bond donors (Lipinski definition) is 3. The van der Waals surface area contributed by atoms with Crippen molar-refractivity contribution in [1.29, 1.82) is 0 Å². The maximum Gasteiger partial charge on any atom is 0.261 e. The number of anilines is 2. The number of aromatic nitrogens is 2. The fourth-order valence-corrected chi connectivity index (χ4v) is 1.97. The number of rotatable bonds is 2. The Kier molecular flexibility index (Phi) is 3.33. The number of benzene rings is 1. The van der Waals surface area contributed by atoms with Crippen molar-refractivity contribution >= 4 is 33.3 Å². The van der Waals surface area contributed by atoms with E-state index >= 15 is 0 Å². The predicted molar refractivity (Wildman–Crippen MR) is 69.8 cm³/mol. The maximum atomic E-state index is 13.6. The van der Waals surface area contributed by atoms with E-state index in [0.717, 1.165) is 0 Å². The zero-order valence-corrected chi connectivity index (χ0v) is 11.0. The fourth-order valence-electron chi connectivity index (χ4n) is 1.53. The molecule has 4 N–H and O–H groups in total. The van der Waals surface area contributed by atoms with E-state index < -0.39 is 11.7 Å². The second kappa shape index (κ2) is 4.77. The summed E-state index contributed by atoms with van der Waals surface area (Å²) in [7, 11) is 0. The van der Waals surface area contributed by atoms with Crippen LogP contribution in [0.4, 0.5) is 15.9 Å². The Hall–Kier alpha value is -1.89. The molecule has 2 rings (SSSR count). The van der Waals surface area contributed by atoms with Crippen LogP contribution >= 0.6 is 15.9 Å². The molecule has 0 atom stereocenters. The summed E-state index contributed by atoms with van der Waals surface area (Å²) in [6, 6.07) is 4.42. The van der Waals surface area contributed by atoms with Crippen LogP contribution in [-0.2, 0) is 0 Å². The topological polar surface area (TPSA) is 83.8 Å². The number of carbonyl (C=O) groups excluding carboxylic acids is 1. The van der Waals surface area contributed by atoms with Crippen LogP contribution in [-0.4, -0.2) is 16.1 Å². The molecule has 1 heterocycles. The normalized spacial score (nSPS) is 10.4. The Bertz CT molecular complexity index is 571. The number of nitrogens with zero attached hydrogens (tertiary/aromatic N) is 1. The van der Waals surface area contributed by atoms with Crippen molar-refractivity contribution < 1.29 is 9.18 Å². The molecule has 0 unspecified atom stereocenters. The minimum Gasteiger partial charge on any atom is -0.382 e. The van der Waals surface area contributed by atoms with Crippen LogP contribution in [0.25, 0.3) is 0 Å². The molecule has 7 heteroatoms. The number of nitrogens with two attached hydrogens (primary N) is 1. The van der Waals surface area contributed by atoms with E-state index in [1.165, 1.54) is 12.1 Å². The molecule has 0 bridgehead atoms. The van der Waals surface area contributed by atoms with Gasteiger partial charge in [0, 0.05) is 10.2 Å². The van der Waals surface area contributed by atoms with Crippen molar-refractivity contribution in [3.8, 4) is 0 Å². The van der Waals surface area contributed by atoms with Crippen molar-refractivity contribution in [2.24, 2.45) is 0 Å². The molecule has 0 aliphatic carbocycles. The molecule has 0 aliphatic rings. The second-order valence-electron chi connectivity index (χ2n) is 3.66.